The lowest BCUT2D eigenvalue weighted by Crippen LogP contribution is -2.48. The Labute approximate surface area is 205 Å². The first-order chi connectivity index (χ1) is 17.4. The first kappa shape index (κ1) is 22.6. The van der Waals surface area contributed by atoms with E-state index >= 15 is 0 Å². The van der Waals surface area contributed by atoms with Crippen LogP contribution in [0.2, 0.25) is 0 Å². The highest BCUT2D eigenvalue weighted by Gasteiger charge is 2.31. The third kappa shape index (κ3) is 4.42. The van der Waals surface area contributed by atoms with E-state index in [-0.39, 0.29) is 6.04 Å². The molecule has 9 heteroatoms. The van der Waals surface area contributed by atoms with E-state index in [2.05, 4.69) is 19.8 Å². The van der Waals surface area contributed by atoms with E-state index in [9.17, 15) is 13.2 Å². The maximum Gasteiger partial charge on any atom is 0.416 e. The number of H-pyrrole nitrogens is 2. The molecule has 0 bridgehead atoms. The Balaban J connectivity index is 1.24. The Kier molecular flexibility index (Phi) is 5.64. The van der Waals surface area contributed by atoms with Gasteiger partial charge in [-0.1, -0.05) is 24.3 Å². The molecule has 0 aliphatic carbocycles. The number of nitrogens with zero attached hydrogens (tertiary/aromatic N) is 4. The molecular formula is C27H25F3N6. The van der Waals surface area contributed by atoms with E-state index in [1.54, 1.807) is 12.1 Å². The minimum Gasteiger partial charge on any atom is -0.369 e. The number of imidazole rings is 2. The van der Waals surface area contributed by atoms with E-state index < -0.39 is 11.7 Å². The highest BCUT2D eigenvalue weighted by molar-refractivity contribution is 5.75. The molecule has 2 aromatic heterocycles. The van der Waals surface area contributed by atoms with E-state index in [1.165, 1.54) is 0 Å². The number of benzene rings is 3. The first-order valence-electron chi connectivity index (χ1n) is 12.0. The van der Waals surface area contributed by atoms with Crippen LogP contribution in [0.25, 0.3) is 22.1 Å². The summed E-state index contributed by atoms with van der Waals surface area (Å²) in [5, 5.41) is 0. The minimum atomic E-state index is -4.33. The summed E-state index contributed by atoms with van der Waals surface area (Å²) in [5.74, 6) is 1.78. The zero-order chi connectivity index (χ0) is 24.7. The Morgan fingerprint density at radius 3 is 1.97 bits per heavy atom. The van der Waals surface area contributed by atoms with Crippen molar-refractivity contribution in [1.29, 1.82) is 0 Å². The fourth-order valence-corrected chi connectivity index (χ4v) is 4.97. The van der Waals surface area contributed by atoms with Crippen molar-refractivity contribution in [2.45, 2.75) is 18.6 Å². The summed E-state index contributed by atoms with van der Waals surface area (Å²) in [6, 6.07) is 21.4. The third-order valence-electron chi connectivity index (χ3n) is 6.86. The van der Waals surface area contributed by atoms with Gasteiger partial charge in [0, 0.05) is 38.3 Å². The van der Waals surface area contributed by atoms with Gasteiger partial charge in [-0.15, -0.1) is 0 Å². The fourth-order valence-electron chi connectivity index (χ4n) is 4.97. The lowest BCUT2D eigenvalue weighted by Gasteiger charge is -2.39. The summed E-state index contributed by atoms with van der Waals surface area (Å²) in [5.41, 5.74) is 4.03. The number of fused-ring (bicyclic) bond motifs is 2. The average Bonchev–Trinajstić information content (AvgIpc) is 3.50. The molecule has 0 spiro atoms. The minimum absolute atomic E-state index is 0.0206. The molecule has 6 nitrogen and oxygen atoms in total. The Morgan fingerprint density at radius 2 is 1.36 bits per heavy atom. The van der Waals surface area contributed by atoms with Gasteiger partial charge in [-0.05, 0) is 48.5 Å². The number of rotatable bonds is 5. The standard InChI is InChI=1S/C27H25F3N6/c28-27(29,30)18-9-11-19(12-10-18)35-13-15-36(16-14-35)24(26-33-22-7-3-4-8-23(22)34-26)17-25-31-20-5-1-2-6-21(20)32-25/h1-12,24H,13-17H2,(H,31,32)(H,33,34). The monoisotopic (exact) mass is 490 g/mol. The second kappa shape index (κ2) is 8.98. The van der Waals surface area contributed by atoms with Crippen LogP contribution >= 0.6 is 0 Å². The van der Waals surface area contributed by atoms with Crippen LogP contribution in [-0.2, 0) is 12.6 Å². The number of nitrogens with one attached hydrogen (secondary N) is 2. The van der Waals surface area contributed by atoms with E-state index in [0.717, 1.165) is 64.6 Å². The van der Waals surface area contributed by atoms with Gasteiger partial charge in [0.05, 0.1) is 33.7 Å². The summed E-state index contributed by atoms with van der Waals surface area (Å²) in [7, 11) is 0. The van der Waals surface area contributed by atoms with Crippen LogP contribution in [0.5, 0.6) is 0 Å². The molecule has 0 radical (unpaired) electrons. The molecule has 0 saturated carbocycles. The van der Waals surface area contributed by atoms with Crippen molar-refractivity contribution >= 4 is 27.8 Å². The van der Waals surface area contributed by atoms with Gasteiger partial charge >= 0.3 is 6.18 Å². The molecule has 1 unspecified atom stereocenters. The summed E-state index contributed by atoms with van der Waals surface area (Å²) in [4.78, 5) is 21.1. The smallest absolute Gasteiger partial charge is 0.369 e. The maximum absolute atomic E-state index is 13.0. The summed E-state index contributed by atoms with van der Waals surface area (Å²) >= 11 is 0. The van der Waals surface area contributed by atoms with E-state index in [4.69, 9.17) is 9.97 Å². The number of aromatic amines is 2. The predicted molar refractivity (Wildman–Crippen MR) is 134 cm³/mol. The Bertz CT molecular complexity index is 1410. The predicted octanol–water partition coefficient (Wildman–Crippen LogP) is 5.56. The number of para-hydroxylation sites is 4. The van der Waals surface area contributed by atoms with Gasteiger partial charge in [0.25, 0.3) is 0 Å². The molecule has 5 aromatic rings. The second-order valence-corrected chi connectivity index (χ2v) is 9.13. The van der Waals surface area contributed by atoms with Crippen LogP contribution in [0, 0.1) is 0 Å². The quantitative estimate of drug-likeness (QED) is 0.338. The SMILES string of the molecule is FC(F)(F)c1ccc(N2CCN(C(Cc3nc4ccccc4[nH]3)c3nc4ccccc4[nH]3)CC2)cc1. The van der Waals surface area contributed by atoms with Gasteiger partial charge in [0.2, 0.25) is 0 Å². The van der Waals surface area contributed by atoms with Crippen LogP contribution < -0.4 is 4.90 Å². The average molecular weight is 491 g/mol. The molecule has 1 saturated heterocycles. The van der Waals surface area contributed by atoms with Crippen molar-refractivity contribution in [2.24, 2.45) is 0 Å². The van der Waals surface area contributed by atoms with Gasteiger partial charge in [-0.3, -0.25) is 4.90 Å². The number of anilines is 1. The zero-order valence-electron chi connectivity index (χ0n) is 19.5. The van der Waals surface area contributed by atoms with Crippen LogP contribution in [0.4, 0.5) is 18.9 Å². The fraction of sp³-hybridized carbons (Fsp3) is 0.259. The number of halogens is 3. The van der Waals surface area contributed by atoms with Gasteiger partial charge in [-0.25, -0.2) is 9.97 Å². The topological polar surface area (TPSA) is 63.8 Å². The van der Waals surface area contributed by atoms with Crippen LogP contribution in [-0.4, -0.2) is 51.0 Å². The van der Waals surface area contributed by atoms with Crippen LogP contribution in [0.15, 0.2) is 72.8 Å². The van der Waals surface area contributed by atoms with Crippen molar-refractivity contribution in [1.82, 2.24) is 24.8 Å². The van der Waals surface area contributed by atoms with E-state index in [0.29, 0.717) is 19.5 Å². The Morgan fingerprint density at radius 1 is 0.750 bits per heavy atom. The van der Waals surface area contributed by atoms with Crippen LogP contribution in [0.1, 0.15) is 23.3 Å². The molecule has 1 aliphatic heterocycles. The molecule has 2 N–H and O–H groups in total. The zero-order valence-corrected chi connectivity index (χ0v) is 19.5. The van der Waals surface area contributed by atoms with Gasteiger partial charge < -0.3 is 14.9 Å². The van der Waals surface area contributed by atoms with Gasteiger partial charge in [-0.2, -0.15) is 13.2 Å². The molecule has 184 valence electrons. The Hall–Kier alpha value is -3.85. The summed E-state index contributed by atoms with van der Waals surface area (Å²) in [6.45, 7) is 2.93. The molecule has 0 amide bonds. The van der Waals surface area contributed by atoms with Crippen molar-refractivity contribution in [3.8, 4) is 0 Å². The van der Waals surface area contributed by atoms with Crippen molar-refractivity contribution in [3.63, 3.8) is 0 Å². The summed E-state index contributed by atoms with van der Waals surface area (Å²) < 4.78 is 38.9. The number of alkyl halides is 3. The first-order valence-corrected chi connectivity index (χ1v) is 12.0. The number of hydrogen-bond acceptors (Lipinski definition) is 4. The van der Waals surface area contributed by atoms with Crippen LogP contribution in [0.3, 0.4) is 0 Å². The van der Waals surface area contributed by atoms with Crippen molar-refractivity contribution in [3.05, 3.63) is 90.0 Å². The van der Waals surface area contributed by atoms with E-state index in [1.807, 2.05) is 48.5 Å². The highest BCUT2D eigenvalue weighted by Crippen LogP contribution is 2.32. The molecule has 6 rings (SSSR count). The third-order valence-corrected chi connectivity index (χ3v) is 6.86. The number of aromatic nitrogens is 4. The maximum atomic E-state index is 13.0. The number of piperazine rings is 1. The lowest BCUT2D eigenvalue weighted by molar-refractivity contribution is -0.137. The summed E-state index contributed by atoms with van der Waals surface area (Å²) in [6.07, 6.45) is -3.66. The highest BCUT2D eigenvalue weighted by atomic mass is 19.4. The van der Waals surface area contributed by atoms with Crippen molar-refractivity contribution < 1.29 is 13.2 Å². The normalized spacial score (nSPS) is 16.1. The van der Waals surface area contributed by atoms with Crippen molar-refractivity contribution in [2.75, 3.05) is 31.1 Å². The molecule has 3 heterocycles. The molecule has 1 atom stereocenters. The van der Waals surface area contributed by atoms with Gasteiger partial charge in [0.1, 0.15) is 11.6 Å². The molecule has 1 aliphatic rings. The van der Waals surface area contributed by atoms with Gasteiger partial charge in [0.15, 0.2) is 0 Å². The second-order valence-electron chi connectivity index (χ2n) is 9.13. The molecule has 3 aromatic carbocycles. The lowest BCUT2D eigenvalue weighted by atomic mass is 10.1. The largest absolute Gasteiger partial charge is 0.416 e. The molecule has 36 heavy (non-hydrogen) atoms. The molecule has 1 fully saturated rings. The molecular weight excluding hydrogens is 465 g/mol. The number of hydrogen-bond donors (Lipinski definition) is 2.